The van der Waals surface area contributed by atoms with E-state index in [0.717, 1.165) is 18.2 Å². The number of aromatic nitrogens is 2. The van der Waals surface area contributed by atoms with E-state index in [4.69, 9.17) is 14.2 Å². The van der Waals surface area contributed by atoms with Crippen molar-refractivity contribution >= 4 is 21.7 Å². The van der Waals surface area contributed by atoms with Crippen molar-refractivity contribution in [1.29, 1.82) is 0 Å². The van der Waals surface area contributed by atoms with Crippen LogP contribution >= 0.6 is 0 Å². The van der Waals surface area contributed by atoms with Gasteiger partial charge in [0, 0.05) is 38.8 Å². The molecule has 3 heterocycles. The maximum atomic E-state index is 13.4. The minimum Gasteiger partial charge on any atom is -0.493 e. The largest absolute Gasteiger partial charge is 0.493 e. The lowest BCUT2D eigenvalue weighted by molar-refractivity contribution is 0.316. The number of hydrogen-bond acceptors (Lipinski definition) is 9. The van der Waals surface area contributed by atoms with E-state index in [0.29, 0.717) is 38.0 Å². The molecule has 0 amide bonds. The van der Waals surface area contributed by atoms with Crippen LogP contribution in [0.1, 0.15) is 26.2 Å². The zero-order valence-electron chi connectivity index (χ0n) is 20.2. The van der Waals surface area contributed by atoms with E-state index in [1.54, 1.807) is 6.07 Å². The van der Waals surface area contributed by atoms with Gasteiger partial charge in [-0.2, -0.15) is 4.31 Å². The number of methoxy groups -OCH3 is 3. The summed E-state index contributed by atoms with van der Waals surface area (Å²) in [5.41, 5.74) is 0. The number of piperidine rings is 1. The highest BCUT2D eigenvalue weighted by atomic mass is 32.2. The maximum Gasteiger partial charge on any atom is 0.247 e. The van der Waals surface area contributed by atoms with Crippen LogP contribution in [0.15, 0.2) is 29.2 Å². The van der Waals surface area contributed by atoms with Crippen LogP contribution in [-0.2, 0) is 10.0 Å². The monoisotopic (exact) mass is 491 g/mol. The Hall–Kier alpha value is -2.79. The van der Waals surface area contributed by atoms with Crippen LogP contribution in [0, 0.1) is 0 Å². The van der Waals surface area contributed by atoms with Crippen molar-refractivity contribution in [1.82, 2.24) is 14.5 Å². The molecule has 34 heavy (non-hydrogen) atoms. The number of ether oxygens (including phenoxy) is 3. The summed E-state index contributed by atoms with van der Waals surface area (Å²) < 4.78 is 44.3. The first-order valence-corrected chi connectivity index (χ1v) is 13.0. The molecule has 2 aliphatic rings. The molecule has 0 radical (unpaired) electrons. The highest BCUT2D eigenvalue weighted by Crippen LogP contribution is 2.42. The van der Waals surface area contributed by atoms with E-state index < -0.39 is 10.0 Å². The standard InChI is InChI=1S/C23H33N5O5S/c1-17-7-5-6-12-28(17)21-11-10-20(24-25-21)26-13-15-27(16-14-26)34(29,30)19-9-8-18(31-2)22(32-3)23(19)33-4/h8-11,17H,5-7,12-16H2,1-4H3/t17-/m0/s1. The predicted octanol–water partition coefficient (Wildman–Crippen LogP) is 2.39. The SMILES string of the molecule is COc1ccc(S(=O)(=O)N2CCN(c3ccc(N4CCCC[C@@H]4C)nn3)CC2)c(OC)c1OC. The van der Waals surface area contributed by atoms with Gasteiger partial charge in [0.05, 0.1) is 21.3 Å². The summed E-state index contributed by atoms with van der Waals surface area (Å²) in [6.45, 7) is 4.91. The minimum absolute atomic E-state index is 0.0564. The summed E-state index contributed by atoms with van der Waals surface area (Å²) in [5, 5.41) is 8.90. The Labute approximate surface area is 201 Å². The summed E-state index contributed by atoms with van der Waals surface area (Å²) in [4.78, 5) is 4.43. The van der Waals surface area contributed by atoms with Crippen molar-refractivity contribution in [2.24, 2.45) is 0 Å². The average molecular weight is 492 g/mol. The van der Waals surface area contributed by atoms with Crippen LogP contribution in [0.4, 0.5) is 11.6 Å². The van der Waals surface area contributed by atoms with Gasteiger partial charge in [0.15, 0.2) is 23.1 Å². The molecule has 1 aromatic heterocycles. The zero-order chi connectivity index (χ0) is 24.3. The molecule has 1 aromatic carbocycles. The Bertz CT molecular complexity index is 1090. The van der Waals surface area contributed by atoms with E-state index in [-0.39, 0.29) is 16.4 Å². The molecule has 2 fully saturated rings. The van der Waals surface area contributed by atoms with Gasteiger partial charge in [0.1, 0.15) is 4.90 Å². The van der Waals surface area contributed by atoms with Crippen LogP contribution in [-0.4, -0.2) is 83.0 Å². The number of sulfonamides is 1. The lowest BCUT2D eigenvalue weighted by atomic mass is 10.0. The lowest BCUT2D eigenvalue weighted by Gasteiger charge is -2.36. The van der Waals surface area contributed by atoms with Gasteiger partial charge in [-0.15, -0.1) is 10.2 Å². The van der Waals surface area contributed by atoms with Gasteiger partial charge in [-0.1, -0.05) is 0 Å². The van der Waals surface area contributed by atoms with Crippen LogP contribution in [0.5, 0.6) is 17.2 Å². The summed E-state index contributed by atoms with van der Waals surface area (Å²) in [6, 6.07) is 7.53. The third-order valence-corrected chi connectivity index (χ3v) is 8.50. The van der Waals surface area contributed by atoms with E-state index in [2.05, 4.69) is 26.9 Å². The highest BCUT2D eigenvalue weighted by molar-refractivity contribution is 7.89. The molecule has 0 aliphatic carbocycles. The topological polar surface area (TPSA) is 97.3 Å². The van der Waals surface area contributed by atoms with Crippen molar-refractivity contribution in [2.45, 2.75) is 37.1 Å². The van der Waals surface area contributed by atoms with Gasteiger partial charge in [0.25, 0.3) is 0 Å². The Morgan fingerprint density at radius 1 is 0.824 bits per heavy atom. The maximum absolute atomic E-state index is 13.4. The van der Waals surface area contributed by atoms with Crippen molar-refractivity contribution in [2.75, 3.05) is 63.9 Å². The van der Waals surface area contributed by atoms with Gasteiger partial charge >= 0.3 is 0 Å². The van der Waals surface area contributed by atoms with Crippen LogP contribution in [0.25, 0.3) is 0 Å². The van der Waals surface area contributed by atoms with E-state index in [1.165, 1.54) is 51.0 Å². The van der Waals surface area contributed by atoms with Gasteiger partial charge in [-0.25, -0.2) is 8.42 Å². The van der Waals surface area contributed by atoms with Gasteiger partial charge in [-0.3, -0.25) is 0 Å². The highest BCUT2D eigenvalue weighted by Gasteiger charge is 2.33. The Kier molecular flexibility index (Phi) is 7.32. The predicted molar refractivity (Wildman–Crippen MR) is 130 cm³/mol. The Morgan fingerprint density at radius 3 is 2.09 bits per heavy atom. The molecule has 186 valence electrons. The first kappa shape index (κ1) is 24.3. The van der Waals surface area contributed by atoms with E-state index in [1.807, 2.05) is 12.1 Å². The molecule has 0 N–H and O–H groups in total. The quantitative estimate of drug-likeness (QED) is 0.578. The van der Waals surface area contributed by atoms with Gasteiger partial charge < -0.3 is 24.0 Å². The molecule has 2 aromatic rings. The normalized spacial score (nSPS) is 19.7. The second kappa shape index (κ2) is 10.2. The number of rotatable bonds is 7. The molecule has 1 atom stereocenters. The molecule has 0 bridgehead atoms. The van der Waals surface area contributed by atoms with Crippen LogP contribution in [0.2, 0.25) is 0 Å². The van der Waals surface area contributed by atoms with Gasteiger partial charge in [-0.05, 0) is 50.5 Å². The molecule has 10 nitrogen and oxygen atoms in total. The number of piperazine rings is 1. The van der Waals surface area contributed by atoms with E-state index in [9.17, 15) is 8.42 Å². The van der Waals surface area contributed by atoms with Gasteiger partial charge in [0.2, 0.25) is 15.8 Å². The molecule has 4 rings (SSSR count). The summed E-state index contributed by atoms with van der Waals surface area (Å²) >= 11 is 0. The summed E-state index contributed by atoms with van der Waals surface area (Å²) in [6.07, 6.45) is 3.60. The summed E-state index contributed by atoms with van der Waals surface area (Å²) in [7, 11) is 0.571. The second-order valence-electron chi connectivity index (χ2n) is 8.51. The van der Waals surface area contributed by atoms with Crippen LogP contribution in [0.3, 0.4) is 0 Å². The number of hydrogen-bond donors (Lipinski definition) is 0. The number of benzene rings is 1. The average Bonchev–Trinajstić information content (AvgIpc) is 2.88. The third kappa shape index (κ3) is 4.58. The lowest BCUT2D eigenvalue weighted by Crippen LogP contribution is -2.49. The Morgan fingerprint density at radius 2 is 1.50 bits per heavy atom. The Balaban J connectivity index is 1.46. The minimum atomic E-state index is -3.79. The third-order valence-electron chi connectivity index (χ3n) is 6.58. The zero-order valence-corrected chi connectivity index (χ0v) is 21.0. The fourth-order valence-corrected chi connectivity index (χ4v) is 6.22. The first-order chi connectivity index (χ1) is 16.4. The second-order valence-corrected chi connectivity index (χ2v) is 10.4. The fourth-order valence-electron chi connectivity index (χ4n) is 4.65. The molecule has 2 saturated heterocycles. The van der Waals surface area contributed by atoms with Crippen molar-refractivity contribution in [3.05, 3.63) is 24.3 Å². The molecule has 2 aliphatic heterocycles. The molecule has 0 unspecified atom stereocenters. The van der Waals surface area contributed by atoms with Crippen molar-refractivity contribution < 1.29 is 22.6 Å². The van der Waals surface area contributed by atoms with Crippen molar-refractivity contribution in [3.8, 4) is 17.2 Å². The van der Waals surface area contributed by atoms with E-state index >= 15 is 0 Å². The molecule has 0 spiro atoms. The smallest absolute Gasteiger partial charge is 0.247 e. The molecular weight excluding hydrogens is 458 g/mol. The summed E-state index contributed by atoms with van der Waals surface area (Å²) in [5.74, 6) is 2.46. The first-order valence-electron chi connectivity index (χ1n) is 11.5. The number of nitrogens with zero attached hydrogens (tertiary/aromatic N) is 5. The molecular formula is C23H33N5O5S. The van der Waals surface area contributed by atoms with Crippen LogP contribution < -0.4 is 24.0 Å². The molecule has 0 saturated carbocycles. The fraction of sp³-hybridized carbons (Fsp3) is 0.565. The van der Waals surface area contributed by atoms with Crippen molar-refractivity contribution in [3.63, 3.8) is 0 Å². The molecule has 11 heteroatoms. The number of anilines is 2.